The van der Waals surface area contributed by atoms with E-state index in [1.807, 2.05) is 19.1 Å². The predicted octanol–water partition coefficient (Wildman–Crippen LogP) is 3.74. The summed E-state index contributed by atoms with van der Waals surface area (Å²) in [6, 6.07) is 10.9. The molecule has 0 bridgehead atoms. The molecule has 0 fully saturated rings. The van der Waals surface area contributed by atoms with Gasteiger partial charge in [-0.2, -0.15) is 0 Å². The zero-order valence-corrected chi connectivity index (χ0v) is 13.6. The Labute approximate surface area is 142 Å². The highest BCUT2D eigenvalue weighted by Gasteiger charge is 2.15. The molecule has 6 heteroatoms. The van der Waals surface area contributed by atoms with Gasteiger partial charge in [0.2, 0.25) is 0 Å². The van der Waals surface area contributed by atoms with E-state index in [4.69, 9.17) is 11.6 Å². The topological polar surface area (TPSA) is 63.6 Å². The number of pyridine rings is 2. The number of aromatic amines is 1. The highest BCUT2D eigenvalue weighted by molar-refractivity contribution is 6.30. The smallest absolute Gasteiger partial charge is 0.280 e. The number of nitrogens with one attached hydrogen (secondary N) is 1. The lowest BCUT2D eigenvalue weighted by Crippen LogP contribution is -2.14. The van der Waals surface area contributed by atoms with Crippen LogP contribution in [0.5, 0.6) is 0 Å². The van der Waals surface area contributed by atoms with Gasteiger partial charge in [-0.3, -0.25) is 19.9 Å². The Morgan fingerprint density at radius 2 is 1.92 bits per heavy atom. The van der Waals surface area contributed by atoms with Crippen LogP contribution in [0, 0.1) is 6.92 Å². The molecule has 24 heavy (non-hydrogen) atoms. The van der Waals surface area contributed by atoms with Gasteiger partial charge in [0, 0.05) is 40.4 Å². The molecule has 4 aromatic rings. The van der Waals surface area contributed by atoms with Crippen molar-refractivity contribution in [3.8, 4) is 16.8 Å². The van der Waals surface area contributed by atoms with Crippen LogP contribution in [-0.4, -0.2) is 19.7 Å². The number of fused-ring (bicyclic) bond motifs is 1. The van der Waals surface area contributed by atoms with Gasteiger partial charge < -0.3 is 0 Å². The third-order valence-electron chi connectivity index (χ3n) is 3.96. The van der Waals surface area contributed by atoms with Crippen molar-refractivity contribution in [1.29, 1.82) is 0 Å². The van der Waals surface area contributed by atoms with Crippen LogP contribution < -0.4 is 5.56 Å². The van der Waals surface area contributed by atoms with Crippen LogP contribution in [0.1, 0.15) is 5.69 Å². The Morgan fingerprint density at radius 3 is 2.62 bits per heavy atom. The van der Waals surface area contributed by atoms with Crippen LogP contribution in [0.15, 0.2) is 59.8 Å². The number of rotatable bonds is 2. The van der Waals surface area contributed by atoms with E-state index in [0.29, 0.717) is 10.4 Å². The van der Waals surface area contributed by atoms with Gasteiger partial charge in [-0.25, -0.2) is 4.68 Å². The van der Waals surface area contributed by atoms with Gasteiger partial charge in [0.05, 0.1) is 16.6 Å². The zero-order valence-electron chi connectivity index (χ0n) is 12.8. The van der Waals surface area contributed by atoms with E-state index in [2.05, 4.69) is 15.1 Å². The van der Waals surface area contributed by atoms with E-state index < -0.39 is 0 Å². The Bertz CT molecular complexity index is 1080. The first-order valence-corrected chi connectivity index (χ1v) is 7.79. The third kappa shape index (κ3) is 2.30. The first-order chi connectivity index (χ1) is 11.6. The van der Waals surface area contributed by atoms with Crippen molar-refractivity contribution in [2.45, 2.75) is 6.92 Å². The first kappa shape index (κ1) is 14.7. The third-order valence-corrected chi connectivity index (χ3v) is 4.21. The summed E-state index contributed by atoms with van der Waals surface area (Å²) < 4.78 is 1.50. The Kier molecular flexibility index (Phi) is 3.43. The van der Waals surface area contributed by atoms with Gasteiger partial charge in [0.1, 0.15) is 0 Å². The minimum absolute atomic E-state index is 0.148. The summed E-state index contributed by atoms with van der Waals surface area (Å²) in [7, 11) is 0. The highest BCUT2D eigenvalue weighted by Crippen LogP contribution is 2.28. The second-order valence-electron chi connectivity index (χ2n) is 5.48. The van der Waals surface area contributed by atoms with Crippen molar-refractivity contribution in [3.05, 3.63) is 76.1 Å². The molecule has 118 valence electrons. The summed E-state index contributed by atoms with van der Waals surface area (Å²) in [5.41, 5.74) is 3.94. The molecule has 0 aliphatic carbocycles. The van der Waals surface area contributed by atoms with Crippen molar-refractivity contribution >= 4 is 22.5 Å². The summed E-state index contributed by atoms with van der Waals surface area (Å²) in [5.74, 6) is 0. The molecule has 5 nitrogen and oxygen atoms in total. The molecule has 0 saturated heterocycles. The fourth-order valence-corrected chi connectivity index (χ4v) is 2.93. The molecule has 0 radical (unpaired) electrons. The van der Waals surface area contributed by atoms with Crippen molar-refractivity contribution in [2.75, 3.05) is 0 Å². The second kappa shape index (κ2) is 5.62. The van der Waals surface area contributed by atoms with E-state index in [0.717, 1.165) is 28.0 Å². The molecule has 0 spiro atoms. The molecule has 0 amide bonds. The summed E-state index contributed by atoms with van der Waals surface area (Å²) in [4.78, 5) is 21.3. The van der Waals surface area contributed by atoms with E-state index in [-0.39, 0.29) is 5.56 Å². The maximum atomic E-state index is 12.8. The number of halogens is 1. The van der Waals surface area contributed by atoms with Crippen LogP contribution in [0.2, 0.25) is 5.02 Å². The van der Waals surface area contributed by atoms with Gasteiger partial charge in [-0.15, -0.1) is 0 Å². The van der Waals surface area contributed by atoms with Crippen LogP contribution in [0.3, 0.4) is 0 Å². The van der Waals surface area contributed by atoms with Gasteiger partial charge in [0.25, 0.3) is 5.56 Å². The number of H-pyrrole nitrogens is 1. The maximum absolute atomic E-state index is 12.8. The average Bonchev–Trinajstić information content (AvgIpc) is 2.93. The fraction of sp³-hybridized carbons (Fsp3) is 0.0556. The Morgan fingerprint density at radius 1 is 1.12 bits per heavy atom. The standard InChI is InChI=1S/C18H13ClN4O/c1-11-16(12-3-2-8-20-9-12)17-15(10-21-11)18(24)23(22-17)14-6-4-13(19)5-7-14/h2-10,22H,1H3. The molecule has 0 atom stereocenters. The van der Waals surface area contributed by atoms with Gasteiger partial charge in [-0.05, 0) is 37.3 Å². The lowest BCUT2D eigenvalue weighted by atomic mass is 10.0. The number of hydrogen-bond donors (Lipinski definition) is 1. The average molecular weight is 337 g/mol. The largest absolute Gasteiger partial charge is 0.290 e. The lowest BCUT2D eigenvalue weighted by molar-refractivity contribution is 0.864. The minimum atomic E-state index is -0.148. The second-order valence-corrected chi connectivity index (χ2v) is 5.91. The van der Waals surface area contributed by atoms with Crippen molar-refractivity contribution in [3.63, 3.8) is 0 Å². The maximum Gasteiger partial charge on any atom is 0.280 e. The first-order valence-electron chi connectivity index (χ1n) is 7.42. The normalized spacial score (nSPS) is 11.1. The molecule has 4 rings (SSSR count). The molecular formula is C18H13ClN4O. The molecule has 0 aliphatic heterocycles. The van der Waals surface area contributed by atoms with Crippen LogP contribution in [-0.2, 0) is 0 Å². The zero-order chi connectivity index (χ0) is 16.7. The van der Waals surface area contributed by atoms with Gasteiger partial charge >= 0.3 is 0 Å². The predicted molar refractivity (Wildman–Crippen MR) is 94.7 cm³/mol. The SMILES string of the molecule is Cc1ncc2c(=O)n(-c3ccc(Cl)cc3)[nH]c2c1-c1cccnc1. The molecular weight excluding hydrogens is 324 g/mol. The lowest BCUT2D eigenvalue weighted by Gasteiger charge is -2.06. The van der Waals surface area contributed by atoms with E-state index >= 15 is 0 Å². The molecule has 3 aromatic heterocycles. The number of benzene rings is 1. The van der Waals surface area contributed by atoms with Crippen molar-refractivity contribution < 1.29 is 0 Å². The van der Waals surface area contributed by atoms with Crippen LogP contribution in [0.4, 0.5) is 0 Å². The molecule has 1 aromatic carbocycles. The fourth-order valence-electron chi connectivity index (χ4n) is 2.80. The van der Waals surface area contributed by atoms with Gasteiger partial charge in [0.15, 0.2) is 0 Å². The van der Waals surface area contributed by atoms with E-state index in [1.165, 1.54) is 4.68 Å². The Balaban J connectivity index is 2.02. The van der Waals surface area contributed by atoms with E-state index in [1.54, 1.807) is 42.9 Å². The monoisotopic (exact) mass is 336 g/mol. The molecule has 3 heterocycles. The quantitative estimate of drug-likeness (QED) is 0.606. The van der Waals surface area contributed by atoms with Gasteiger partial charge in [-0.1, -0.05) is 17.7 Å². The number of hydrogen-bond acceptors (Lipinski definition) is 3. The molecule has 0 aliphatic rings. The molecule has 0 saturated carbocycles. The Hall–Kier alpha value is -2.92. The summed E-state index contributed by atoms with van der Waals surface area (Å²) in [6.07, 6.45) is 5.09. The van der Waals surface area contributed by atoms with E-state index in [9.17, 15) is 4.79 Å². The summed E-state index contributed by atoms with van der Waals surface area (Å²) >= 11 is 5.93. The number of nitrogens with zero attached hydrogens (tertiary/aromatic N) is 3. The van der Waals surface area contributed by atoms with Crippen molar-refractivity contribution in [2.24, 2.45) is 0 Å². The number of aryl methyl sites for hydroxylation is 1. The van der Waals surface area contributed by atoms with Crippen LogP contribution in [0.25, 0.3) is 27.7 Å². The van der Waals surface area contributed by atoms with Crippen LogP contribution >= 0.6 is 11.6 Å². The molecule has 1 N–H and O–H groups in total. The highest BCUT2D eigenvalue weighted by atomic mass is 35.5. The summed E-state index contributed by atoms with van der Waals surface area (Å²) in [5, 5.41) is 4.36. The van der Waals surface area contributed by atoms with Crippen molar-refractivity contribution in [1.82, 2.24) is 19.7 Å². The summed E-state index contributed by atoms with van der Waals surface area (Å²) in [6.45, 7) is 1.92. The number of aromatic nitrogens is 4. The molecule has 0 unspecified atom stereocenters. The minimum Gasteiger partial charge on any atom is -0.290 e.